The number of rotatable bonds is 4. The van der Waals surface area contributed by atoms with E-state index in [4.69, 9.17) is 5.73 Å². The van der Waals surface area contributed by atoms with Crippen molar-refractivity contribution in [1.82, 2.24) is 0 Å². The van der Waals surface area contributed by atoms with Crippen LogP contribution in [0.15, 0.2) is 0 Å². The molecule has 3 heteroatoms. The van der Waals surface area contributed by atoms with Crippen molar-refractivity contribution in [3.63, 3.8) is 0 Å². The minimum atomic E-state index is -0.495. The molecule has 0 heterocycles. The number of carbonyl (C=O) groups is 1. The van der Waals surface area contributed by atoms with Crippen LogP contribution in [-0.4, -0.2) is 19.1 Å². The fraction of sp³-hybridized carbons (Fsp3) is 0.900. The van der Waals surface area contributed by atoms with E-state index in [2.05, 4.69) is 32.4 Å². The van der Waals surface area contributed by atoms with Gasteiger partial charge in [0.1, 0.15) is 6.04 Å². The summed E-state index contributed by atoms with van der Waals surface area (Å²) in [6, 6.07) is -0.495. The van der Waals surface area contributed by atoms with Gasteiger partial charge < -0.3 is 10.5 Å². The van der Waals surface area contributed by atoms with Crippen LogP contribution in [0.5, 0.6) is 0 Å². The van der Waals surface area contributed by atoms with Crippen LogP contribution in [0.3, 0.4) is 0 Å². The van der Waals surface area contributed by atoms with Crippen molar-refractivity contribution in [2.75, 3.05) is 7.11 Å². The van der Waals surface area contributed by atoms with Crippen LogP contribution >= 0.6 is 0 Å². The van der Waals surface area contributed by atoms with Crippen LogP contribution in [0.1, 0.15) is 27.7 Å². The third-order valence-corrected chi connectivity index (χ3v) is 2.43. The summed E-state index contributed by atoms with van der Waals surface area (Å²) >= 11 is 0. The van der Waals surface area contributed by atoms with Gasteiger partial charge in [-0.05, 0) is 17.8 Å². The fourth-order valence-corrected chi connectivity index (χ4v) is 1.89. The summed E-state index contributed by atoms with van der Waals surface area (Å²) in [6.07, 6.45) is 0. The Kier molecular flexibility index (Phi) is 4.99. The van der Waals surface area contributed by atoms with Gasteiger partial charge in [-0.1, -0.05) is 27.7 Å². The van der Waals surface area contributed by atoms with Crippen molar-refractivity contribution in [2.45, 2.75) is 33.7 Å². The molecule has 78 valence electrons. The van der Waals surface area contributed by atoms with Crippen molar-refractivity contribution in [3.8, 4) is 0 Å². The van der Waals surface area contributed by atoms with Crippen molar-refractivity contribution in [1.29, 1.82) is 0 Å². The van der Waals surface area contributed by atoms with E-state index in [-0.39, 0.29) is 11.9 Å². The highest BCUT2D eigenvalue weighted by atomic mass is 16.5. The summed E-state index contributed by atoms with van der Waals surface area (Å²) in [5.74, 6) is 0.669. The number of esters is 1. The molecule has 2 N–H and O–H groups in total. The van der Waals surface area contributed by atoms with Gasteiger partial charge in [0.15, 0.2) is 0 Å². The Hall–Kier alpha value is -0.570. The van der Waals surface area contributed by atoms with Crippen LogP contribution in [0.4, 0.5) is 0 Å². The molecule has 0 spiro atoms. The molecule has 3 nitrogen and oxygen atoms in total. The van der Waals surface area contributed by atoms with Gasteiger partial charge in [-0.3, -0.25) is 4.79 Å². The Morgan fingerprint density at radius 1 is 1.15 bits per heavy atom. The van der Waals surface area contributed by atoms with E-state index in [1.807, 2.05) is 0 Å². The second-order valence-corrected chi connectivity index (χ2v) is 4.11. The van der Waals surface area contributed by atoms with Crippen molar-refractivity contribution in [3.05, 3.63) is 0 Å². The molecule has 0 rings (SSSR count). The molecule has 1 unspecified atom stereocenters. The van der Waals surface area contributed by atoms with Crippen molar-refractivity contribution >= 4 is 5.97 Å². The number of carbonyl (C=O) groups excluding carboxylic acids is 1. The van der Waals surface area contributed by atoms with Gasteiger partial charge in [0.2, 0.25) is 0 Å². The van der Waals surface area contributed by atoms with E-state index in [1.54, 1.807) is 0 Å². The maximum absolute atomic E-state index is 11.2. The second kappa shape index (κ2) is 5.22. The van der Waals surface area contributed by atoms with Gasteiger partial charge in [0.05, 0.1) is 7.11 Å². The standard InChI is InChI=1S/C10H21NO2/c1-6(2)8(7(3)4)9(11)10(12)13-5/h6-9H,11H2,1-5H3. The monoisotopic (exact) mass is 187 g/mol. The topological polar surface area (TPSA) is 52.3 Å². The average molecular weight is 187 g/mol. The summed E-state index contributed by atoms with van der Waals surface area (Å²) in [4.78, 5) is 11.2. The zero-order valence-corrected chi connectivity index (χ0v) is 9.20. The second-order valence-electron chi connectivity index (χ2n) is 4.11. The van der Waals surface area contributed by atoms with Gasteiger partial charge in [-0.15, -0.1) is 0 Å². The molecule has 0 aromatic rings. The van der Waals surface area contributed by atoms with Gasteiger partial charge in [0.25, 0.3) is 0 Å². The summed E-state index contributed by atoms with van der Waals surface area (Å²) in [7, 11) is 1.37. The lowest BCUT2D eigenvalue weighted by Gasteiger charge is -2.28. The quantitative estimate of drug-likeness (QED) is 0.677. The zero-order chi connectivity index (χ0) is 10.6. The molecule has 0 bridgehead atoms. The fourth-order valence-electron chi connectivity index (χ4n) is 1.89. The SMILES string of the molecule is COC(=O)C(N)C(C(C)C)C(C)C. The third-order valence-electron chi connectivity index (χ3n) is 2.43. The first-order valence-electron chi connectivity index (χ1n) is 4.75. The molecule has 0 saturated heterocycles. The minimum absolute atomic E-state index is 0.187. The van der Waals surface area contributed by atoms with Crippen molar-refractivity contribution in [2.24, 2.45) is 23.5 Å². The molecule has 0 aliphatic rings. The summed E-state index contributed by atoms with van der Waals surface area (Å²) < 4.78 is 4.63. The Morgan fingerprint density at radius 3 is 1.77 bits per heavy atom. The van der Waals surface area contributed by atoms with Crippen LogP contribution in [0.25, 0.3) is 0 Å². The summed E-state index contributed by atoms with van der Waals surface area (Å²) in [5.41, 5.74) is 5.80. The van der Waals surface area contributed by atoms with Crippen LogP contribution in [-0.2, 0) is 9.53 Å². The highest BCUT2D eigenvalue weighted by molar-refractivity contribution is 5.75. The molecule has 0 fully saturated rings. The summed E-state index contributed by atoms with van der Waals surface area (Å²) in [5, 5.41) is 0. The predicted molar refractivity (Wildman–Crippen MR) is 53.2 cm³/mol. The maximum atomic E-state index is 11.2. The Bertz CT molecular complexity index is 158. The number of methoxy groups -OCH3 is 1. The Morgan fingerprint density at radius 2 is 1.54 bits per heavy atom. The highest BCUT2D eigenvalue weighted by Gasteiger charge is 2.30. The zero-order valence-electron chi connectivity index (χ0n) is 9.20. The van der Waals surface area contributed by atoms with E-state index >= 15 is 0 Å². The smallest absolute Gasteiger partial charge is 0.322 e. The molecule has 0 radical (unpaired) electrons. The largest absolute Gasteiger partial charge is 0.468 e. The van der Waals surface area contributed by atoms with Crippen molar-refractivity contribution < 1.29 is 9.53 Å². The molecule has 13 heavy (non-hydrogen) atoms. The third kappa shape index (κ3) is 3.35. The molecular weight excluding hydrogens is 166 g/mol. The van der Waals surface area contributed by atoms with E-state index in [0.717, 1.165) is 0 Å². The van der Waals surface area contributed by atoms with E-state index in [0.29, 0.717) is 11.8 Å². The highest BCUT2D eigenvalue weighted by Crippen LogP contribution is 2.23. The lowest BCUT2D eigenvalue weighted by atomic mass is 9.80. The predicted octanol–water partition coefficient (Wildman–Crippen LogP) is 1.41. The number of nitrogens with two attached hydrogens (primary N) is 1. The molecule has 0 amide bonds. The molecule has 0 aromatic carbocycles. The minimum Gasteiger partial charge on any atom is -0.468 e. The molecule has 0 aliphatic carbocycles. The lowest BCUT2D eigenvalue weighted by molar-refractivity contribution is -0.144. The van der Waals surface area contributed by atoms with Crippen LogP contribution < -0.4 is 5.73 Å². The van der Waals surface area contributed by atoms with Gasteiger partial charge in [-0.2, -0.15) is 0 Å². The molecule has 1 atom stereocenters. The Balaban J connectivity index is 4.46. The normalized spacial score (nSPS) is 13.9. The Labute approximate surface area is 80.6 Å². The van der Waals surface area contributed by atoms with E-state index < -0.39 is 6.04 Å². The first kappa shape index (κ1) is 12.4. The first-order chi connectivity index (χ1) is 5.91. The first-order valence-corrected chi connectivity index (χ1v) is 4.75. The van der Waals surface area contributed by atoms with E-state index in [1.165, 1.54) is 7.11 Å². The van der Waals surface area contributed by atoms with Gasteiger partial charge in [-0.25, -0.2) is 0 Å². The maximum Gasteiger partial charge on any atom is 0.322 e. The number of hydrogen-bond acceptors (Lipinski definition) is 3. The van der Waals surface area contributed by atoms with Crippen LogP contribution in [0.2, 0.25) is 0 Å². The van der Waals surface area contributed by atoms with Gasteiger partial charge in [0, 0.05) is 0 Å². The van der Waals surface area contributed by atoms with Crippen LogP contribution in [0, 0.1) is 17.8 Å². The number of hydrogen-bond donors (Lipinski definition) is 1. The molecule has 0 aromatic heterocycles. The van der Waals surface area contributed by atoms with Gasteiger partial charge >= 0.3 is 5.97 Å². The molecular formula is C10H21NO2. The molecule has 0 saturated carbocycles. The molecule has 0 aliphatic heterocycles. The average Bonchev–Trinajstić information content (AvgIpc) is 2.01. The number of ether oxygens (including phenoxy) is 1. The summed E-state index contributed by atoms with van der Waals surface area (Å²) in [6.45, 7) is 8.31. The van der Waals surface area contributed by atoms with E-state index in [9.17, 15) is 4.79 Å². The lowest BCUT2D eigenvalue weighted by Crippen LogP contribution is -2.43.